The van der Waals surface area contributed by atoms with E-state index in [0.717, 1.165) is 27.8 Å². The monoisotopic (exact) mass is 402 g/mol. The second-order valence-corrected chi connectivity index (χ2v) is 7.33. The van der Waals surface area contributed by atoms with Gasteiger partial charge in [-0.05, 0) is 58.3 Å². The van der Waals surface area contributed by atoms with Crippen LogP contribution < -0.4 is 0 Å². The van der Waals surface area contributed by atoms with Gasteiger partial charge in [0.2, 0.25) is 0 Å². The Hall–Kier alpha value is -0.610. The summed E-state index contributed by atoms with van der Waals surface area (Å²) in [6, 6.07) is 7.08. The summed E-state index contributed by atoms with van der Waals surface area (Å²) < 4.78 is 1.01. The highest BCUT2D eigenvalue weighted by Gasteiger charge is 2.11. The third-order valence-corrected chi connectivity index (χ3v) is 5.60. The Bertz CT molecular complexity index is 692. The lowest BCUT2D eigenvalue weighted by Gasteiger charge is -1.98. The number of allylic oxidation sites excluding steroid dienone is 1. The minimum Gasteiger partial charge on any atom is -0.288 e. The summed E-state index contributed by atoms with van der Waals surface area (Å²) in [5, 5.41) is 1.11. The molecule has 2 aromatic rings. The van der Waals surface area contributed by atoms with Crippen molar-refractivity contribution in [2.45, 2.75) is 19.8 Å². The van der Waals surface area contributed by atoms with Gasteiger partial charge < -0.3 is 0 Å². The van der Waals surface area contributed by atoms with Crippen LogP contribution in [0.2, 0.25) is 10.0 Å². The summed E-state index contributed by atoms with van der Waals surface area (Å²) >= 11 is 17.0. The number of hydrogen-bond donors (Lipinski definition) is 0. The first-order valence-electron chi connectivity index (χ1n) is 6.47. The Kier molecular flexibility index (Phi) is 6.06. The Labute approximate surface area is 146 Å². The smallest absolute Gasteiger partial charge is 0.195 e. The molecule has 21 heavy (non-hydrogen) atoms. The normalized spacial score (nSPS) is 11.2. The highest BCUT2D eigenvalue weighted by atomic mass is 79.9. The maximum absolute atomic E-state index is 12.2. The van der Waals surface area contributed by atoms with Gasteiger partial charge in [-0.25, -0.2) is 0 Å². The Balaban J connectivity index is 2.17. The highest BCUT2D eigenvalue weighted by molar-refractivity contribution is 9.10. The fraction of sp³-hybridized carbons (Fsp3) is 0.188. The molecule has 0 saturated heterocycles. The van der Waals surface area contributed by atoms with Crippen LogP contribution in [0.15, 0.2) is 34.8 Å². The molecule has 0 radical (unpaired) electrons. The van der Waals surface area contributed by atoms with Crippen LogP contribution in [-0.2, 0) is 6.42 Å². The number of aryl methyl sites for hydroxylation is 1. The summed E-state index contributed by atoms with van der Waals surface area (Å²) in [5.74, 6) is -0.0194. The lowest BCUT2D eigenvalue weighted by molar-refractivity contribution is 0.105. The van der Waals surface area contributed by atoms with Gasteiger partial charge in [-0.1, -0.05) is 42.6 Å². The zero-order valence-corrected chi connectivity index (χ0v) is 15.2. The van der Waals surface area contributed by atoms with Gasteiger partial charge in [0.1, 0.15) is 0 Å². The molecular formula is C16H13BrCl2OS. The topological polar surface area (TPSA) is 17.1 Å². The molecule has 1 heterocycles. The van der Waals surface area contributed by atoms with E-state index in [-0.39, 0.29) is 5.78 Å². The molecular weight excluding hydrogens is 391 g/mol. The van der Waals surface area contributed by atoms with E-state index in [1.807, 2.05) is 6.07 Å². The molecule has 5 heteroatoms. The van der Waals surface area contributed by atoms with Crippen LogP contribution in [0.25, 0.3) is 6.08 Å². The molecule has 0 aliphatic carbocycles. The van der Waals surface area contributed by atoms with Crippen LogP contribution in [0.3, 0.4) is 0 Å². The molecule has 0 unspecified atom stereocenters. The van der Waals surface area contributed by atoms with E-state index in [1.54, 1.807) is 30.4 Å². The summed E-state index contributed by atoms with van der Waals surface area (Å²) in [7, 11) is 0. The second-order valence-electron chi connectivity index (χ2n) is 4.50. The summed E-state index contributed by atoms with van der Waals surface area (Å²) in [4.78, 5) is 14.1. The predicted molar refractivity (Wildman–Crippen MR) is 95.8 cm³/mol. The van der Waals surface area contributed by atoms with Crippen LogP contribution >= 0.6 is 50.5 Å². The maximum atomic E-state index is 12.2. The Morgan fingerprint density at radius 3 is 2.76 bits per heavy atom. The third-order valence-electron chi connectivity index (χ3n) is 2.85. The van der Waals surface area contributed by atoms with Crippen LogP contribution in [0, 0.1) is 0 Å². The van der Waals surface area contributed by atoms with E-state index in [4.69, 9.17) is 23.2 Å². The van der Waals surface area contributed by atoms with Crippen molar-refractivity contribution in [3.8, 4) is 0 Å². The van der Waals surface area contributed by atoms with Crippen molar-refractivity contribution in [2.24, 2.45) is 0 Å². The van der Waals surface area contributed by atoms with Gasteiger partial charge in [0.15, 0.2) is 5.78 Å². The van der Waals surface area contributed by atoms with Gasteiger partial charge in [0, 0.05) is 19.4 Å². The van der Waals surface area contributed by atoms with Crippen molar-refractivity contribution in [1.82, 2.24) is 0 Å². The lowest BCUT2D eigenvalue weighted by Crippen LogP contribution is -1.89. The number of rotatable bonds is 5. The molecule has 110 valence electrons. The molecule has 0 fully saturated rings. The predicted octanol–water partition coefficient (Wildman–Crippen LogP) is 6.67. The molecule has 0 aliphatic heterocycles. The van der Waals surface area contributed by atoms with Crippen molar-refractivity contribution in [1.29, 1.82) is 0 Å². The molecule has 0 bridgehead atoms. The third kappa shape index (κ3) is 4.43. The molecule has 0 amide bonds. The Morgan fingerprint density at radius 1 is 1.33 bits per heavy atom. The molecule has 1 aromatic heterocycles. The molecule has 0 spiro atoms. The quantitative estimate of drug-likeness (QED) is 0.402. The van der Waals surface area contributed by atoms with Gasteiger partial charge in [-0.3, -0.25) is 4.79 Å². The SMILES string of the molecule is CCCc1sc(C(=O)/C=C/c2ccc(Cl)cc2Cl)cc1Br. The maximum Gasteiger partial charge on any atom is 0.195 e. The van der Waals surface area contributed by atoms with E-state index < -0.39 is 0 Å². The van der Waals surface area contributed by atoms with Gasteiger partial charge in [-0.15, -0.1) is 11.3 Å². The van der Waals surface area contributed by atoms with Crippen LogP contribution in [0.4, 0.5) is 0 Å². The van der Waals surface area contributed by atoms with Gasteiger partial charge in [-0.2, -0.15) is 0 Å². The van der Waals surface area contributed by atoms with Crippen molar-refractivity contribution in [3.63, 3.8) is 0 Å². The standard InChI is InChI=1S/C16H13BrCl2OS/c1-2-3-15-12(17)9-16(21-15)14(20)7-5-10-4-6-11(18)8-13(10)19/h4-9H,2-3H2,1H3/b7-5+. The van der Waals surface area contributed by atoms with Crippen molar-refractivity contribution < 1.29 is 4.79 Å². The Morgan fingerprint density at radius 2 is 2.10 bits per heavy atom. The van der Waals surface area contributed by atoms with Crippen LogP contribution in [0.5, 0.6) is 0 Å². The number of carbonyl (C=O) groups is 1. The average molecular weight is 404 g/mol. The average Bonchev–Trinajstić information content (AvgIpc) is 2.79. The van der Waals surface area contributed by atoms with Crippen LogP contribution in [-0.4, -0.2) is 5.78 Å². The number of hydrogen-bond acceptors (Lipinski definition) is 2. The summed E-state index contributed by atoms with van der Waals surface area (Å²) in [6.07, 6.45) is 5.30. The summed E-state index contributed by atoms with van der Waals surface area (Å²) in [6.45, 7) is 2.12. The second kappa shape index (κ2) is 7.59. The van der Waals surface area contributed by atoms with E-state index in [9.17, 15) is 4.79 Å². The minimum absolute atomic E-state index is 0.0194. The first-order valence-corrected chi connectivity index (χ1v) is 8.83. The number of benzene rings is 1. The number of ketones is 1. The van der Waals surface area contributed by atoms with Crippen LogP contribution in [0.1, 0.15) is 33.5 Å². The van der Waals surface area contributed by atoms with Crippen molar-refractivity contribution >= 4 is 62.3 Å². The van der Waals surface area contributed by atoms with Gasteiger partial charge >= 0.3 is 0 Å². The molecule has 2 rings (SSSR count). The highest BCUT2D eigenvalue weighted by Crippen LogP contribution is 2.29. The number of carbonyl (C=O) groups excluding carboxylic acids is 1. The summed E-state index contributed by atoms with van der Waals surface area (Å²) in [5.41, 5.74) is 0.777. The molecule has 1 nitrogen and oxygen atoms in total. The minimum atomic E-state index is -0.0194. The van der Waals surface area contributed by atoms with Gasteiger partial charge in [0.25, 0.3) is 0 Å². The fourth-order valence-corrected chi connectivity index (χ4v) is 4.18. The molecule has 0 saturated carbocycles. The zero-order valence-electron chi connectivity index (χ0n) is 11.3. The molecule has 0 atom stereocenters. The zero-order chi connectivity index (χ0) is 15.4. The molecule has 0 aliphatic rings. The van der Waals surface area contributed by atoms with E-state index in [2.05, 4.69) is 22.9 Å². The van der Waals surface area contributed by atoms with E-state index in [0.29, 0.717) is 10.0 Å². The number of halogens is 3. The molecule has 0 N–H and O–H groups in total. The number of thiophene rings is 1. The lowest BCUT2D eigenvalue weighted by atomic mass is 10.2. The van der Waals surface area contributed by atoms with Crippen molar-refractivity contribution in [2.75, 3.05) is 0 Å². The van der Waals surface area contributed by atoms with Gasteiger partial charge in [0.05, 0.1) is 4.88 Å². The van der Waals surface area contributed by atoms with E-state index >= 15 is 0 Å². The first-order chi connectivity index (χ1) is 10.0. The van der Waals surface area contributed by atoms with E-state index in [1.165, 1.54) is 16.2 Å². The fourth-order valence-electron chi connectivity index (χ4n) is 1.81. The van der Waals surface area contributed by atoms with Crippen molar-refractivity contribution in [3.05, 3.63) is 60.2 Å². The largest absolute Gasteiger partial charge is 0.288 e. The molecule has 1 aromatic carbocycles. The first kappa shape index (κ1) is 16.8.